The lowest BCUT2D eigenvalue weighted by atomic mass is 9.94. The maximum absolute atomic E-state index is 13.6. The Morgan fingerprint density at radius 3 is 2.53 bits per heavy atom. The molecule has 182 valence electrons. The molecular formula is C23H26ClN3O7. The van der Waals surface area contributed by atoms with Crippen molar-refractivity contribution in [2.75, 3.05) is 13.2 Å². The van der Waals surface area contributed by atoms with Crippen LogP contribution in [-0.2, 0) is 9.47 Å². The van der Waals surface area contributed by atoms with Gasteiger partial charge in [0.15, 0.2) is 6.17 Å². The van der Waals surface area contributed by atoms with Crippen molar-refractivity contribution in [2.45, 2.75) is 58.2 Å². The first-order valence-corrected chi connectivity index (χ1v) is 11.7. The normalized spacial score (nSPS) is 18.0. The molecule has 1 unspecified atom stereocenters. The molecule has 1 aliphatic heterocycles. The highest BCUT2D eigenvalue weighted by Crippen LogP contribution is 2.40. The van der Waals surface area contributed by atoms with Crippen LogP contribution in [0.5, 0.6) is 0 Å². The molecule has 1 saturated carbocycles. The van der Waals surface area contributed by atoms with Gasteiger partial charge in [0.2, 0.25) is 11.2 Å². The number of carbonyl (C=O) groups excluding carboxylic acids is 3. The second-order valence-electron chi connectivity index (χ2n) is 8.09. The highest BCUT2D eigenvalue weighted by atomic mass is 35.5. The molecule has 4 rings (SSSR count). The molecule has 2 aliphatic rings. The molecule has 2 heterocycles. The van der Waals surface area contributed by atoms with Crippen molar-refractivity contribution in [2.24, 2.45) is 0 Å². The molecule has 0 bridgehead atoms. The minimum atomic E-state index is -1.27. The van der Waals surface area contributed by atoms with E-state index in [0.717, 1.165) is 24.3 Å². The first kappa shape index (κ1) is 23.9. The van der Waals surface area contributed by atoms with Crippen LogP contribution in [0.2, 0.25) is 5.02 Å². The molecule has 11 heteroatoms. The molecule has 34 heavy (non-hydrogen) atoms. The quantitative estimate of drug-likeness (QED) is 0.631. The van der Waals surface area contributed by atoms with Crippen LogP contribution in [0.25, 0.3) is 11.0 Å². The SMILES string of the molecule is CCOC(=O)NN(C(=O)OCC)C1c2c(oc3ccc(Cl)cc3c2=O)C(=O)N1C1CCCCC1. The van der Waals surface area contributed by atoms with Crippen LogP contribution in [0.15, 0.2) is 27.4 Å². The fraction of sp³-hybridized carbons (Fsp3) is 0.478. The molecular weight excluding hydrogens is 466 g/mol. The first-order chi connectivity index (χ1) is 16.4. The van der Waals surface area contributed by atoms with Gasteiger partial charge in [-0.3, -0.25) is 9.59 Å². The Bertz CT molecular complexity index is 1180. The number of fused-ring (bicyclic) bond motifs is 2. The molecule has 10 nitrogen and oxygen atoms in total. The largest absolute Gasteiger partial charge is 0.450 e. The van der Waals surface area contributed by atoms with Crippen LogP contribution in [-0.4, -0.2) is 47.3 Å². The van der Waals surface area contributed by atoms with E-state index in [1.54, 1.807) is 19.9 Å². The molecule has 1 atom stereocenters. The number of nitrogens with zero attached hydrogens (tertiary/aromatic N) is 2. The van der Waals surface area contributed by atoms with Gasteiger partial charge in [-0.1, -0.05) is 30.9 Å². The van der Waals surface area contributed by atoms with Gasteiger partial charge in [-0.05, 0) is 44.9 Å². The van der Waals surface area contributed by atoms with E-state index >= 15 is 0 Å². The standard InChI is InChI=1S/C23H26ClN3O7/c1-3-32-22(30)25-27(23(31)33-4-2)20-17-18(28)15-12-13(24)10-11-16(15)34-19(17)21(29)26(20)14-8-6-5-7-9-14/h10-12,14,20H,3-9H2,1-2H3,(H,25,30). The van der Waals surface area contributed by atoms with Crippen LogP contribution in [0.3, 0.4) is 0 Å². The van der Waals surface area contributed by atoms with Gasteiger partial charge in [0.1, 0.15) is 5.58 Å². The Morgan fingerprint density at radius 1 is 1.15 bits per heavy atom. The summed E-state index contributed by atoms with van der Waals surface area (Å²) in [5.41, 5.74) is 1.98. The third kappa shape index (κ3) is 4.29. The van der Waals surface area contributed by atoms with Crippen molar-refractivity contribution in [3.05, 3.63) is 44.8 Å². The van der Waals surface area contributed by atoms with Gasteiger partial charge in [0, 0.05) is 11.1 Å². The number of hydrogen-bond donors (Lipinski definition) is 1. The molecule has 1 aromatic carbocycles. The Labute approximate surface area is 200 Å². The summed E-state index contributed by atoms with van der Waals surface area (Å²) in [7, 11) is 0. The molecule has 0 spiro atoms. The number of nitrogens with one attached hydrogen (secondary N) is 1. The van der Waals surface area contributed by atoms with Crippen molar-refractivity contribution < 1.29 is 28.3 Å². The van der Waals surface area contributed by atoms with E-state index < -0.39 is 29.7 Å². The van der Waals surface area contributed by atoms with Gasteiger partial charge in [0.05, 0.1) is 24.2 Å². The van der Waals surface area contributed by atoms with Crippen LogP contribution in [0, 0.1) is 0 Å². The van der Waals surface area contributed by atoms with E-state index in [4.69, 9.17) is 25.5 Å². The van der Waals surface area contributed by atoms with E-state index in [1.807, 2.05) is 0 Å². The minimum absolute atomic E-state index is 0.0126. The van der Waals surface area contributed by atoms with Gasteiger partial charge in [-0.25, -0.2) is 15.0 Å². The summed E-state index contributed by atoms with van der Waals surface area (Å²) in [6, 6.07) is 4.26. The molecule has 2 aromatic rings. The van der Waals surface area contributed by atoms with Crippen LogP contribution < -0.4 is 10.9 Å². The lowest BCUT2D eigenvalue weighted by Crippen LogP contribution is -2.55. The fourth-order valence-corrected chi connectivity index (χ4v) is 4.75. The summed E-state index contributed by atoms with van der Waals surface area (Å²) in [6.07, 6.45) is 1.05. The smallest absolute Gasteiger partial charge is 0.431 e. The second kappa shape index (κ2) is 9.92. The average Bonchev–Trinajstić information content (AvgIpc) is 3.11. The number of ether oxygens (including phenoxy) is 2. The van der Waals surface area contributed by atoms with Crippen molar-refractivity contribution in [3.63, 3.8) is 0 Å². The van der Waals surface area contributed by atoms with E-state index in [9.17, 15) is 19.2 Å². The lowest BCUT2D eigenvalue weighted by Gasteiger charge is -2.39. The molecule has 0 saturated heterocycles. The van der Waals surface area contributed by atoms with Crippen molar-refractivity contribution in [1.82, 2.24) is 15.3 Å². The van der Waals surface area contributed by atoms with Gasteiger partial charge in [-0.15, -0.1) is 0 Å². The monoisotopic (exact) mass is 491 g/mol. The Balaban J connectivity index is 1.91. The number of halogens is 1. The van der Waals surface area contributed by atoms with Crippen molar-refractivity contribution in [1.29, 1.82) is 0 Å². The number of rotatable bonds is 4. The molecule has 3 amide bonds. The molecule has 1 fully saturated rings. The molecule has 1 aliphatic carbocycles. The Kier molecular flexibility index (Phi) is 6.97. The summed E-state index contributed by atoms with van der Waals surface area (Å²) in [4.78, 5) is 54.0. The van der Waals surface area contributed by atoms with Gasteiger partial charge in [0.25, 0.3) is 5.91 Å². The third-order valence-electron chi connectivity index (χ3n) is 6.00. The second-order valence-corrected chi connectivity index (χ2v) is 8.53. The lowest BCUT2D eigenvalue weighted by molar-refractivity contribution is -0.0102. The van der Waals surface area contributed by atoms with E-state index in [1.165, 1.54) is 17.0 Å². The highest BCUT2D eigenvalue weighted by molar-refractivity contribution is 6.31. The number of hydrogen-bond acceptors (Lipinski definition) is 7. The highest BCUT2D eigenvalue weighted by Gasteiger charge is 2.50. The van der Waals surface area contributed by atoms with Crippen LogP contribution >= 0.6 is 11.6 Å². The zero-order chi connectivity index (χ0) is 24.4. The van der Waals surface area contributed by atoms with E-state index in [0.29, 0.717) is 17.9 Å². The molecule has 1 aromatic heterocycles. The van der Waals surface area contributed by atoms with Crippen LogP contribution in [0.4, 0.5) is 9.59 Å². The number of hydrazine groups is 1. The number of amides is 3. The zero-order valence-corrected chi connectivity index (χ0v) is 19.7. The average molecular weight is 492 g/mol. The first-order valence-electron chi connectivity index (χ1n) is 11.4. The Hall–Kier alpha value is -3.27. The summed E-state index contributed by atoms with van der Waals surface area (Å²) in [6.45, 7) is 3.29. The van der Waals surface area contributed by atoms with E-state index in [2.05, 4.69) is 5.43 Å². The van der Waals surface area contributed by atoms with Gasteiger partial charge in [-0.2, -0.15) is 5.01 Å². The number of carbonyl (C=O) groups is 3. The van der Waals surface area contributed by atoms with Gasteiger partial charge < -0.3 is 18.8 Å². The predicted molar refractivity (Wildman–Crippen MR) is 122 cm³/mol. The summed E-state index contributed by atoms with van der Waals surface area (Å²) in [5.74, 6) is -0.698. The summed E-state index contributed by atoms with van der Waals surface area (Å²) >= 11 is 6.10. The Morgan fingerprint density at radius 2 is 1.85 bits per heavy atom. The van der Waals surface area contributed by atoms with Crippen molar-refractivity contribution >= 4 is 40.7 Å². The van der Waals surface area contributed by atoms with Crippen LogP contribution in [0.1, 0.15) is 68.2 Å². The predicted octanol–water partition coefficient (Wildman–Crippen LogP) is 4.35. The summed E-state index contributed by atoms with van der Waals surface area (Å²) < 4.78 is 16.0. The topological polar surface area (TPSA) is 118 Å². The molecule has 1 N–H and O–H groups in total. The minimum Gasteiger partial charge on any atom is -0.450 e. The number of benzene rings is 1. The summed E-state index contributed by atoms with van der Waals surface area (Å²) in [5, 5.41) is 1.32. The maximum Gasteiger partial charge on any atom is 0.431 e. The molecule has 0 radical (unpaired) electrons. The van der Waals surface area contributed by atoms with Crippen molar-refractivity contribution in [3.8, 4) is 0 Å². The third-order valence-corrected chi connectivity index (χ3v) is 6.24. The fourth-order valence-electron chi connectivity index (χ4n) is 4.58. The maximum atomic E-state index is 13.6. The van der Waals surface area contributed by atoms with E-state index in [-0.39, 0.29) is 41.5 Å². The van der Waals surface area contributed by atoms with Gasteiger partial charge >= 0.3 is 12.2 Å². The zero-order valence-electron chi connectivity index (χ0n) is 19.0.